The van der Waals surface area contributed by atoms with Gasteiger partial charge < -0.3 is 24.6 Å². The van der Waals surface area contributed by atoms with Crippen molar-refractivity contribution in [2.75, 3.05) is 39.3 Å². The van der Waals surface area contributed by atoms with Gasteiger partial charge in [-0.1, -0.05) is 12.1 Å². The Kier molecular flexibility index (Phi) is 5.89. The lowest BCUT2D eigenvalue weighted by Crippen LogP contribution is -2.56. The number of amides is 3. The van der Waals surface area contributed by atoms with E-state index in [1.165, 1.54) is 11.3 Å². The SMILES string of the molecule is Cc1ccc(C(=O)NCC(=O)N2CCN(C(=O)C3COc4ccccc4O3)CC2)s1. The molecular formula is C21H23N3O5S. The van der Waals surface area contributed by atoms with Crippen LogP contribution in [0.4, 0.5) is 0 Å². The maximum absolute atomic E-state index is 12.8. The van der Waals surface area contributed by atoms with Gasteiger partial charge >= 0.3 is 0 Å². The molecule has 0 bridgehead atoms. The van der Waals surface area contributed by atoms with Gasteiger partial charge in [0.15, 0.2) is 11.5 Å². The Hall–Kier alpha value is -3.07. The van der Waals surface area contributed by atoms with E-state index >= 15 is 0 Å². The molecule has 3 amide bonds. The average Bonchev–Trinajstić information content (AvgIpc) is 3.23. The summed E-state index contributed by atoms with van der Waals surface area (Å²) in [5.41, 5.74) is 0. The fourth-order valence-corrected chi connectivity index (χ4v) is 4.22. The first kappa shape index (κ1) is 20.2. The number of ether oxygens (including phenoxy) is 2. The maximum atomic E-state index is 12.8. The third-order valence-corrected chi connectivity index (χ3v) is 6.09. The Balaban J connectivity index is 1.24. The number of hydrogen-bond acceptors (Lipinski definition) is 6. The highest BCUT2D eigenvalue weighted by Crippen LogP contribution is 2.31. The van der Waals surface area contributed by atoms with Crippen molar-refractivity contribution < 1.29 is 23.9 Å². The monoisotopic (exact) mass is 429 g/mol. The van der Waals surface area contributed by atoms with Crippen molar-refractivity contribution in [2.45, 2.75) is 13.0 Å². The van der Waals surface area contributed by atoms with Gasteiger partial charge in [-0.25, -0.2) is 0 Å². The number of carbonyl (C=O) groups is 3. The van der Waals surface area contributed by atoms with Crippen molar-refractivity contribution in [3.05, 3.63) is 46.2 Å². The average molecular weight is 429 g/mol. The zero-order valence-corrected chi connectivity index (χ0v) is 17.4. The van der Waals surface area contributed by atoms with Crippen LogP contribution in [0.2, 0.25) is 0 Å². The Morgan fingerprint density at radius 2 is 1.73 bits per heavy atom. The molecule has 1 unspecified atom stereocenters. The van der Waals surface area contributed by atoms with Crippen LogP contribution < -0.4 is 14.8 Å². The van der Waals surface area contributed by atoms with Gasteiger partial charge in [0.05, 0.1) is 11.4 Å². The third-order valence-electron chi connectivity index (χ3n) is 5.09. The van der Waals surface area contributed by atoms with Gasteiger partial charge in [0.25, 0.3) is 11.8 Å². The molecule has 4 rings (SSSR count). The molecule has 1 fully saturated rings. The van der Waals surface area contributed by atoms with Crippen LogP contribution in [0.15, 0.2) is 36.4 Å². The van der Waals surface area contributed by atoms with E-state index in [0.717, 1.165) is 4.88 Å². The Bertz CT molecular complexity index is 952. The zero-order valence-electron chi connectivity index (χ0n) is 16.6. The van der Waals surface area contributed by atoms with E-state index in [2.05, 4.69) is 5.32 Å². The highest BCUT2D eigenvalue weighted by Gasteiger charge is 2.33. The molecule has 3 heterocycles. The van der Waals surface area contributed by atoms with Crippen LogP contribution in [0.5, 0.6) is 11.5 Å². The summed E-state index contributed by atoms with van der Waals surface area (Å²) in [6.07, 6.45) is -0.685. The normalized spacial score (nSPS) is 18.1. The standard InChI is InChI=1S/C21H23N3O5S/c1-14-6-7-18(30-14)20(26)22-12-19(25)23-8-10-24(11-9-23)21(27)17-13-28-15-4-2-3-5-16(15)29-17/h2-7,17H,8-13H2,1H3,(H,22,26). The topological polar surface area (TPSA) is 88.2 Å². The molecule has 0 aliphatic carbocycles. The summed E-state index contributed by atoms with van der Waals surface area (Å²) in [6, 6.07) is 10.9. The Morgan fingerprint density at radius 1 is 1.03 bits per heavy atom. The second-order valence-corrected chi connectivity index (χ2v) is 8.45. The number of carbonyl (C=O) groups excluding carboxylic acids is 3. The van der Waals surface area contributed by atoms with Crippen LogP contribution in [0.25, 0.3) is 0 Å². The van der Waals surface area contributed by atoms with Gasteiger partial charge in [-0.2, -0.15) is 0 Å². The first-order chi connectivity index (χ1) is 14.5. The summed E-state index contributed by atoms with van der Waals surface area (Å²) in [5, 5.41) is 2.67. The van der Waals surface area contributed by atoms with E-state index < -0.39 is 6.10 Å². The van der Waals surface area contributed by atoms with E-state index in [1.807, 2.05) is 25.1 Å². The first-order valence-electron chi connectivity index (χ1n) is 9.81. The lowest BCUT2D eigenvalue weighted by Gasteiger charge is -2.37. The van der Waals surface area contributed by atoms with Crippen molar-refractivity contribution in [1.29, 1.82) is 0 Å². The molecule has 0 spiro atoms. The van der Waals surface area contributed by atoms with Crippen LogP contribution >= 0.6 is 11.3 Å². The number of nitrogens with one attached hydrogen (secondary N) is 1. The number of hydrogen-bond donors (Lipinski definition) is 1. The summed E-state index contributed by atoms with van der Waals surface area (Å²) in [6.45, 7) is 3.72. The smallest absolute Gasteiger partial charge is 0.267 e. The van der Waals surface area contributed by atoms with Gasteiger partial charge in [-0.05, 0) is 31.2 Å². The van der Waals surface area contributed by atoms with Crippen LogP contribution in [-0.4, -0.2) is 73.0 Å². The molecule has 2 aliphatic heterocycles. The maximum Gasteiger partial charge on any atom is 0.267 e. The molecule has 0 radical (unpaired) electrons. The number of thiophene rings is 1. The molecule has 1 atom stereocenters. The van der Waals surface area contributed by atoms with E-state index in [1.54, 1.807) is 28.0 Å². The quantitative estimate of drug-likeness (QED) is 0.792. The second-order valence-electron chi connectivity index (χ2n) is 7.16. The number of aryl methyl sites for hydroxylation is 1. The first-order valence-corrected chi connectivity index (χ1v) is 10.6. The molecule has 158 valence electrons. The molecule has 1 N–H and O–H groups in total. The number of para-hydroxylation sites is 2. The molecule has 8 nitrogen and oxygen atoms in total. The van der Waals surface area contributed by atoms with Crippen molar-refractivity contribution >= 4 is 29.1 Å². The minimum atomic E-state index is -0.685. The summed E-state index contributed by atoms with van der Waals surface area (Å²) >= 11 is 1.39. The predicted octanol–water partition coefficient (Wildman–Crippen LogP) is 1.30. The lowest BCUT2D eigenvalue weighted by molar-refractivity contribution is -0.146. The van der Waals surface area contributed by atoms with Crippen LogP contribution in [0.3, 0.4) is 0 Å². The van der Waals surface area contributed by atoms with Gasteiger partial charge in [0, 0.05) is 31.1 Å². The molecule has 1 aromatic carbocycles. The van der Waals surface area contributed by atoms with Gasteiger partial charge in [0.2, 0.25) is 12.0 Å². The summed E-state index contributed by atoms with van der Waals surface area (Å²) < 4.78 is 11.4. The van der Waals surface area contributed by atoms with Crippen LogP contribution in [-0.2, 0) is 9.59 Å². The molecular weight excluding hydrogens is 406 g/mol. The molecule has 2 aromatic rings. The van der Waals surface area contributed by atoms with E-state index in [4.69, 9.17) is 9.47 Å². The van der Waals surface area contributed by atoms with Gasteiger partial charge in [-0.3, -0.25) is 14.4 Å². The molecule has 9 heteroatoms. The number of fused-ring (bicyclic) bond motifs is 1. The van der Waals surface area contributed by atoms with Crippen molar-refractivity contribution in [2.24, 2.45) is 0 Å². The predicted molar refractivity (Wildman–Crippen MR) is 111 cm³/mol. The fraction of sp³-hybridized carbons (Fsp3) is 0.381. The molecule has 1 aromatic heterocycles. The highest BCUT2D eigenvalue weighted by atomic mass is 32.1. The summed E-state index contributed by atoms with van der Waals surface area (Å²) in [4.78, 5) is 42.3. The number of rotatable bonds is 4. The van der Waals surface area contributed by atoms with E-state index in [0.29, 0.717) is 42.6 Å². The van der Waals surface area contributed by atoms with E-state index in [9.17, 15) is 14.4 Å². The second kappa shape index (κ2) is 8.74. The highest BCUT2D eigenvalue weighted by molar-refractivity contribution is 7.13. The van der Waals surface area contributed by atoms with Gasteiger partial charge in [0.1, 0.15) is 6.61 Å². The Labute approximate surface area is 178 Å². The van der Waals surface area contributed by atoms with E-state index in [-0.39, 0.29) is 30.9 Å². The fourth-order valence-electron chi connectivity index (χ4n) is 3.43. The molecule has 2 aliphatic rings. The molecule has 30 heavy (non-hydrogen) atoms. The zero-order chi connectivity index (χ0) is 21.1. The van der Waals surface area contributed by atoms with Crippen molar-refractivity contribution in [1.82, 2.24) is 15.1 Å². The lowest BCUT2D eigenvalue weighted by atomic mass is 10.2. The van der Waals surface area contributed by atoms with Crippen LogP contribution in [0, 0.1) is 6.92 Å². The van der Waals surface area contributed by atoms with Crippen LogP contribution in [0.1, 0.15) is 14.5 Å². The molecule has 1 saturated heterocycles. The number of nitrogens with zero attached hydrogens (tertiary/aromatic N) is 2. The van der Waals surface area contributed by atoms with Gasteiger partial charge in [-0.15, -0.1) is 11.3 Å². The minimum absolute atomic E-state index is 0.0555. The molecule has 0 saturated carbocycles. The number of piperazine rings is 1. The number of benzene rings is 1. The van der Waals surface area contributed by atoms with Crippen molar-refractivity contribution in [3.63, 3.8) is 0 Å². The summed E-state index contributed by atoms with van der Waals surface area (Å²) in [7, 11) is 0. The Morgan fingerprint density at radius 3 is 2.43 bits per heavy atom. The van der Waals surface area contributed by atoms with Crippen molar-refractivity contribution in [3.8, 4) is 11.5 Å². The third kappa shape index (κ3) is 4.40. The largest absolute Gasteiger partial charge is 0.485 e. The minimum Gasteiger partial charge on any atom is -0.485 e. The summed E-state index contributed by atoms with van der Waals surface area (Å²) in [5.74, 6) is 0.655.